The minimum absolute atomic E-state index is 0.00126. The summed E-state index contributed by atoms with van der Waals surface area (Å²) >= 11 is 0. The number of rotatable bonds is 9. The summed E-state index contributed by atoms with van der Waals surface area (Å²) in [6.45, 7) is -0.431. The molecule has 0 spiro atoms. The van der Waals surface area contributed by atoms with Crippen LogP contribution in [0.15, 0.2) is 71.3 Å². The number of amides is 3. The van der Waals surface area contributed by atoms with Gasteiger partial charge in [0.25, 0.3) is 5.91 Å². The van der Waals surface area contributed by atoms with Gasteiger partial charge in [-0.2, -0.15) is 0 Å². The fraction of sp³-hybridized carbons (Fsp3) is 0.296. The molecule has 9 heteroatoms. The largest absolute Gasteiger partial charge is 0.497 e. The number of nitrogens with one attached hydrogen (secondary N) is 2. The number of furan rings is 1. The number of carbonyl (C=O) groups is 3. The van der Waals surface area contributed by atoms with E-state index in [1.165, 1.54) is 42.5 Å². The second-order valence-corrected chi connectivity index (χ2v) is 8.57. The van der Waals surface area contributed by atoms with Crippen molar-refractivity contribution in [3.63, 3.8) is 0 Å². The summed E-state index contributed by atoms with van der Waals surface area (Å²) in [6.07, 6.45) is 5.10. The van der Waals surface area contributed by atoms with E-state index < -0.39 is 30.2 Å². The Morgan fingerprint density at radius 1 is 1.08 bits per heavy atom. The zero-order valence-corrected chi connectivity index (χ0v) is 19.9. The number of benzene rings is 2. The lowest BCUT2D eigenvalue weighted by Crippen LogP contribution is -2.49. The van der Waals surface area contributed by atoms with Gasteiger partial charge < -0.3 is 19.8 Å². The first-order valence-electron chi connectivity index (χ1n) is 11.8. The minimum Gasteiger partial charge on any atom is -0.497 e. The molecule has 1 aliphatic carbocycles. The maximum absolute atomic E-state index is 14.2. The zero-order valence-electron chi connectivity index (χ0n) is 19.9. The quantitative estimate of drug-likeness (QED) is 0.470. The van der Waals surface area contributed by atoms with E-state index in [0.29, 0.717) is 11.3 Å². The molecule has 1 atom stereocenters. The Hall–Kier alpha value is -4.14. The predicted molar refractivity (Wildman–Crippen MR) is 131 cm³/mol. The topological polar surface area (TPSA) is 101 Å². The first-order chi connectivity index (χ1) is 17.5. The second-order valence-electron chi connectivity index (χ2n) is 8.57. The molecule has 0 aliphatic heterocycles. The lowest BCUT2D eigenvalue weighted by molar-refractivity contribution is -0.126. The molecule has 2 N–H and O–H groups in total. The lowest BCUT2D eigenvalue weighted by Gasteiger charge is -2.32. The van der Waals surface area contributed by atoms with Crippen molar-refractivity contribution in [1.29, 1.82) is 0 Å². The molecular formula is C27H28FN3O5. The van der Waals surface area contributed by atoms with Crippen LogP contribution in [0, 0.1) is 5.82 Å². The Morgan fingerprint density at radius 3 is 2.47 bits per heavy atom. The lowest BCUT2D eigenvalue weighted by atomic mass is 10.0. The van der Waals surface area contributed by atoms with Crippen molar-refractivity contribution < 1.29 is 27.9 Å². The third-order valence-electron chi connectivity index (χ3n) is 6.14. The van der Waals surface area contributed by atoms with Crippen LogP contribution in [0.4, 0.5) is 10.1 Å². The standard InChI is InChI=1S/C27H28FN3O5/c1-35-22-13-11-18(12-14-22)25(27(34)30-20-7-2-3-8-20)31(21-9-4-6-19(28)16-21)24(32)17-29-26(33)23-10-5-15-36-23/h4-6,9-16,20,25H,2-3,7-8,17H2,1H3,(H,29,33)(H,30,34)/t25-/m1/s1. The highest BCUT2D eigenvalue weighted by molar-refractivity contribution is 6.04. The number of methoxy groups -OCH3 is 1. The van der Waals surface area contributed by atoms with Crippen molar-refractivity contribution in [3.05, 3.63) is 84.1 Å². The Kier molecular flexibility index (Phi) is 7.99. The molecule has 3 amide bonds. The van der Waals surface area contributed by atoms with Crippen LogP contribution in [-0.2, 0) is 9.59 Å². The van der Waals surface area contributed by atoms with Crippen molar-refractivity contribution in [2.24, 2.45) is 0 Å². The SMILES string of the molecule is COc1ccc([C@H](C(=O)NC2CCCC2)N(C(=O)CNC(=O)c2ccco2)c2cccc(F)c2)cc1. The Morgan fingerprint density at radius 2 is 1.83 bits per heavy atom. The number of anilines is 1. The summed E-state index contributed by atoms with van der Waals surface area (Å²) in [4.78, 5) is 40.8. The van der Waals surface area contributed by atoms with Gasteiger partial charge in [0.15, 0.2) is 5.76 Å². The molecule has 0 bridgehead atoms. The molecule has 3 aromatic rings. The van der Waals surface area contributed by atoms with Crippen molar-refractivity contribution in [2.75, 3.05) is 18.6 Å². The molecule has 188 valence electrons. The van der Waals surface area contributed by atoms with Gasteiger partial charge in [-0.15, -0.1) is 0 Å². The summed E-state index contributed by atoms with van der Waals surface area (Å²) in [6, 6.07) is 14.2. The van der Waals surface area contributed by atoms with Gasteiger partial charge in [0.05, 0.1) is 19.9 Å². The highest BCUT2D eigenvalue weighted by atomic mass is 19.1. The molecule has 2 aromatic carbocycles. The van der Waals surface area contributed by atoms with Gasteiger partial charge in [0.1, 0.15) is 17.6 Å². The Balaban J connectivity index is 1.69. The van der Waals surface area contributed by atoms with Crippen LogP contribution >= 0.6 is 0 Å². The van der Waals surface area contributed by atoms with E-state index in [2.05, 4.69) is 10.6 Å². The maximum atomic E-state index is 14.2. The van der Waals surface area contributed by atoms with Crippen molar-refractivity contribution in [3.8, 4) is 5.75 Å². The van der Waals surface area contributed by atoms with Gasteiger partial charge in [-0.25, -0.2) is 4.39 Å². The average molecular weight is 494 g/mol. The molecule has 0 unspecified atom stereocenters. The molecule has 1 saturated carbocycles. The molecular weight excluding hydrogens is 465 g/mol. The summed E-state index contributed by atoms with van der Waals surface area (Å²) in [5.74, 6) is -1.49. The molecule has 1 aromatic heterocycles. The summed E-state index contributed by atoms with van der Waals surface area (Å²) < 4.78 is 24.6. The molecule has 0 saturated heterocycles. The van der Waals surface area contributed by atoms with E-state index in [-0.39, 0.29) is 23.4 Å². The number of carbonyl (C=O) groups excluding carboxylic acids is 3. The number of hydrogen-bond donors (Lipinski definition) is 2. The summed E-state index contributed by atoms with van der Waals surface area (Å²) in [5.41, 5.74) is 0.705. The maximum Gasteiger partial charge on any atom is 0.287 e. The zero-order chi connectivity index (χ0) is 25.5. The van der Waals surface area contributed by atoms with Crippen LogP contribution < -0.4 is 20.3 Å². The first kappa shape index (κ1) is 25.0. The van der Waals surface area contributed by atoms with Gasteiger partial charge in [0.2, 0.25) is 11.8 Å². The van der Waals surface area contributed by atoms with Crippen molar-refractivity contribution in [2.45, 2.75) is 37.8 Å². The van der Waals surface area contributed by atoms with E-state index in [4.69, 9.17) is 9.15 Å². The normalized spacial score (nSPS) is 14.2. The highest BCUT2D eigenvalue weighted by Gasteiger charge is 2.34. The average Bonchev–Trinajstić information content (AvgIpc) is 3.60. The Labute approximate surface area is 208 Å². The van der Waals surface area contributed by atoms with Crippen LogP contribution in [-0.4, -0.2) is 37.4 Å². The third-order valence-corrected chi connectivity index (χ3v) is 6.14. The van der Waals surface area contributed by atoms with Gasteiger partial charge in [-0.3, -0.25) is 19.3 Å². The van der Waals surface area contributed by atoms with E-state index in [1.54, 1.807) is 36.4 Å². The Bertz CT molecular complexity index is 1190. The minimum atomic E-state index is -1.11. The molecule has 4 rings (SSSR count). The molecule has 1 fully saturated rings. The number of hydrogen-bond acceptors (Lipinski definition) is 5. The molecule has 8 nitrogen and oxygen atoms in total. The third kappa shape index (κ3) is 5.91. The number of nitrogens with zero attached hydrogens (tertiary/aromatic N) is 1. The molecule has 0 radical (unpaired) electrons. The van der Waals surface area contributed by atoms with Crippen LogP contribution in [0.1, 0.15) is 47.8 Å². The van der Waals surface area contributed by atoms with Crippen molar-refractivity contribution in [1.82, 2.24) is 10.6 Å². The monoisotopic (exact) mass is 493 g/mol. The smallest absolute Gasteiger partial charge is 0.287 e. The van der Waals surface area contributed by atoms with E-state index in [9.17, 15) is 18.8 Å². The van der Waals surface area contributed by atoms with Gasteiger partial charge in [-0.1, -0.05) is 31.0 Å². The molecule has 1 aliphatic rings. The number of halogens is 1. The van der Waals surface area contributed by atoms with Gasteiger partial charge in [-0.05, 0) is 60.9 Å². The van der Waals surface area contributed by atoms with Gasteiger partial charge >= 0.3 is 0 Å². The fourth-order valence-corrected chi connectivity index (χ4v) is 4.35. The second kappa shape index (κ2) is 11.5. The van der Waals surface area contributed by atoms with Crippen LogP contribution in [0.5, 0.6) is 5.75 Å². The van der Waals surface area contributed by atoms with Gasteiger partial charge in [0, 0.05) is 11.7 Å². The van der Waals surface area contributed by atoms with Crippen LogP contribution in [0.2, 0.25) is 0 Å². The van der Waals surface area contributed by atoms with E-state index in [1.807, 2.05) is 0 Å². The number of ether oxygens (including phenoxy) is 1. The summed E-state index contributed by atoms with van der Waals surface area (Å²) in [5, 5.41) is 5.57. The predicted octanol–water partition coefficient (Wildman–Crippen LogP) is 3.99. The first-order valence-corrected chi connectivity index (χ1v) is 11.8. The van der Waals surface area contributed by atoms with E-state index in [0.717, 1.165) is 25.7 Å². The van der Waals surface area contributed by atoms with Crippen LogP contribution in [0.3, 0.4) is 0 Å². The van der Waals surface area contributed by atoms with E-state index >= 15 is 0 Å². The molecule has 1 heterocycles. The summed E-state index contributed by atoms with van der Waals surface area (Å²) in [7, 11) is 1.53. The van der Waals surface area contributed by atoms with Crippen LogP contribution in [0.25, 0.3) is 0 Å². The van der Waals surface area contributed by atoms with Crippen molar-refractivity contribution >= 4 is 23.4 Å². The highest BCUT2D eigenvalue weighted by Crippen LogP contribution is 2.30. The molecule has 36 heavy (non-hydrogen) atoms. The fourth-order valence-electron chi connectivity index (χ4n) is 4.35.